The Labute approximate surface area is 122 Å². The van der Waals surface area contributed by atoms with E-state index in [9.17, 15) is 0 Å². The normalized spacial score (nSPS) is 18.6. The zero-order valence-electron chi connectivity index (χ0n) is 11.3. The molecule has 1 atom stereocenters. The average Bonchev–Trinajstić information content (AvgIpc) is 3.05. The maximum Gasteiger partial charge on any atom is 0.186 e. The van der Waals surface area contributed by atoms with Gasteiger partial charge in [-0.05, 0) is 36.9 Å². The molecule has 0 aliphatic carbocycles. The summed E-state index contributed by atoms with van der Waals surface area (Å²) in [6.07, 6.45) is 3.16. The largest absolute Gasteiger partial charge is 0.341 e. The fourth-order valence-electron chi connectivity index (χ4n) is 2.53. The predicted molar refractivity (Wildman–Crippen MR) is 83.3 cm³/mol. The zero-order chi connectivity index (χ0) is 13.2. The highest BCUT2D eigenvalue weighted by atomic mass is 32.1. The minimum absolute atomic E-state index is 0.452. The fourth-order valence-corrected chi connectivity index (χ4v) is 4.48. The maximum absolute atomic E-state index is 4.61. The molecule has 0 saturated heterocycles. The Hall–Kier alpha value is -0.910. The van der Waals surface area contributed by atoms with Crippen LogP contribution in [0.5, 0.6) is 0 Å². The van der Waals surface area contributed by atoms with E-state index in [1.807, 2.05) is 28.9 Å². The van der Waals surface area contributed by atoms with Gasteiger partial charge in [0, 0.05) is 29.0 Å². The van der Waals surface area contributed by atoms with Crippen LogP contribution in [0.4, 0.5) is 5.13 Å². The van der Waals surface area contributed by atoms with Crippen molar-refractivity contribution in [3.05, 3.63) is 33.0 Å². The quantitative estimate of drug-likeness (QED) is 0.936. The lowest BCUT2D eigenvalue weighted by Gasteiger charge is -2.33. The smallest absolute Gasteiger partial charge is 0.186 e. The van der Waals surface area contributed by atoms with E-state index in [0.29, 0.717) is 6.04 Å². The van der Waals surface area contributed by atoms with Crippen LogP contribution >= 0.6 is 22.7 Å². The summed E-state index contributed by atoms with van der Waals surface area (Å²) in [5.74, 6) is 0. The van der Waals surface area contributed by atoms with Crippen molar-refractivity contribution < 1.29 is 0 Å². The molecule has 0 spiro atoms. The first-order valence-corrected chi connectivity index (χ1v) is 8.47. The first kappa shape index (κ1) is 13.1. The molecule has 0 saturated carbocycles. The second-order valence-corrected chi connectivity index (χ2v) is 6.90. The molecule has 0 amide bonds. The fraction of sp³-hybridized carbons (Fsp3) is 0.500. The molecule has 2 aromatic rings. The Bertz CT molecular complexity index is 546. The summed E-state index contributed by atoms with van der Waals surface area (Å²) < 4.78 is 0. The van der Waals surface area contributed by atoms with Crippen molar-refractivity contribution in [1.29, 1.82) is 0 Å². The monoisotopic (exact) mass is 293 g/mol. The van der Waals surface area contributed by atoms with Crippen LogP contribution in [0, 0.1) is 0 Å². The minimum Gasteiger partial charge on any atom is -0.341 e. The zero-order valence-corrected chi connectivity index (χ0v) is 13.0. The highest BCUT2D eigenvalue weighted by molar-refractivity contribution is 7.15. The Morgan fingerprint density at radius 3 is 3.26 bits per heavy atom. The molecule has 1 aliphatic rings. The summed E-state index contributed by atoms with van der Waals surface area (Å²) in [6, 6.07) is 2.72. The topological polar surface area (TPSA) is 28.2 Å². The summed E-state index contributed by atoms with van der Waals surface area (Å²) in [5, 5.41) is 6.73. The van der Waals surface area contributed by atoms with Gasteiger partial charge in [0.25, 0.3) is 0 Å². The highest BCUT2D eigenvalue weighted by Crippen LogP contribution is 2.37. The van der Waals surface area contributed by atoms with Crippen LogP contribution < -0.4 is 10.2 Å². The molecule has 5 heteroatoms. The highest BCUT2D eigenvalue weighted by Gasteiger charge is 2.26. The predicted octanol–water partition coefficient (Wildman–Crippen LogP) is 3.44. The van der Waals surface area contributed by atoms with Crippen LogP contribution in [0.2, 0.25) is 0 Å². The van der Waals surface area contributed by atoms with Gasteiger partial charge in [-0.2, -0.15) is 0 Å². The molecule has 3 nitrogen and oxygen atoms in total. The van der Waals surface area contributed by atoms with Gasteiger partial charge < -0.3 is 10.2 Å². The van der Waals surface area contributed by atoms with E-state index < -0.39 is 0 Å². The third-order valence-corrected chi connectivity index (χ3v) is 5.64. The lowest BCUT2D eigenvalue weighted by Crippen LogP contribution is -2.32. The molecule has 0 radical (unpaired) electrons. The molecule has 0 bridgehead atoms. The minimum atomic E-state index is 0.452. The number of fused-ring (bicyclic) bond motifs is 1. The Balaban J connectivity index is 1.78. The van der Waals surface area contributed by atoms with Crippen LogP contribution in [0.3, 0.4) is 0 Å². The molecule has 102 valence electrons. The summed E-state index contributed by atoms with van der Waals surface area (Å²) in [7, 11) is 0. The average molecular weight is 293 g/mol. The van der Waals surface area contributed by atoms with Gasteiger partial charge in [-0.15, -0.1) is 22.7 Å². The lowest BCUT2D eigenvalue weighted by molar-refractivity contribution is 0.631. The number of nitrogens with one attached hydrogen (secondary N) is 1. The van der Waals surface area contributed by atoms with Gasteiger partial charge in [-0.3, -0.25) is 0 Å². The Morgan fingerprint density at radius 1 is 1.53 bits per heavy atom. The number of rotatable bonds is 4. The third-order valence-electron chi connectivity index (χ3n) is 3.61. The molecule has 1 aliphatic heterocycles. The molecular weight excluding hydrogens is 274 g/mol. The second-order valence-electron chi connectivity index (χ2n) is 4.81. The van der Waals surface area contributed by atoms with E-state index in [-0.39, 0.29) is 0 Å². The molecule has 0 aromatic carbocycles. The van der Waals surface area contributed by atoms with Gasteiger partial charge >= 0.3 is 0 Å². The Morgan fingerprint density at radius 2 is 2.42 bits per heavy atom. The van der Waals surface area contributed by atoms with Crippen LogP contribution in [-0.4, -0.2) is 18.1 Å². The van der Waals surface area contributed by atoms with Crippen LogP contribution in [-0.2, 0) is 13.0 Å². The first-order valence-electron chi connectivity index (χ1n) is 6.78. The number of anilines is 1. The molecule has 1 unspecified atom stereocenters. The van der Waals surface area contributed by atoms with Gasteiger partial charge in [0.05, 0.1) is 6.04 Å². The molecule has 3 rings (SSSR count). The number of thiazole rings is 1. The van der Waals surface area contributed by atoms with Gasteiger partial charge in [0.15, 0.2) is 5.13 Å². The molecule has 2 aromatic heterocycles. The van der Waals surface area contributed by atoms with Gasteiger partial charge in [0.2, 0.25) is 0 Å². The lowest BCUT2D eigenvalue weighted by atomic mass is 10.0. The number of aromatic nitrogens is 1. The van der Waals surface area contributed by atoms with Crippen LogP contribution in [0.15, 0.2) is 17.6 Å². The number of hydrogen-bond donors (Lipinski definition) is 1. The molecular formula is C14H19N3S2. The summed E-state index contributed by atoms with van der Waals surface area (Å²) in [4.78, 5) is 9.92. The summed E-state index contributed by atoms with van der Waals surface area (Å²) in [6.45, 7) is 7.44. The molecule has 3 heterocycles. The van der Waals surface area contributed by atoms with E-state index in [1.54, 1.807) is 4.88 Å². The SMILES string of the molecule is CCNCc1cnc(N2CCc3sccc3C2C)s1. The molecule has 0 fully saturated rings. The number of thiophene rings is 1. The van der Waals surface area contributed by atoms with Crippen molar-refractivity contribution >= 4 is 27.8 Å². The van der Waals surface area contributed by atoms with Crippen molar-refractivity contribution in [3.8, 4) is 0 Å². The van der Waals surface area contributed by atoms with E-state index in [2.05, 4.69) is 40.5 Å². The molecule has 1 N–H and O–H groups in total. The van der Waals surface area contributed by atoms with E-state index in [4.69, 9.17) is 0 Å². The van der Waals surface area contributed by atoms with Gasteiger partial charge in [0.1, 0.15) is 0 Å². The maximum atomic E-state index is 4.61. The summed E-state index contributed by atoms with van der Waals surface area (Å²) >= 11 is 3.71. The number of hydrogen-bond acceptors (Lipinski definition) is 5. The third kappa shape index (κ3) is 2.55. The van der Waals surface area contributed by atoms with Crippen molar-refractivity contribution in [1.82, 2.24) is 10.3 Å². The van der Waals surface area contributed by atoms with Crippen molar-refractivity contribution in [2.75, 3.05) is 18.0 Å². The standard InChI is InChI=1S/C14H19N3S2/c1-3-15-8-11-9-16-14(19-11)17-6-4-13-12(10(17)2)5-7-18-13/h5,7,9-10,15H,3-4,6,8H2,1-2H3. The second kappa shape index (κ2) is 5.61. The van der Waals surface area contributed by atoms with Crippen molar-refractivity contribution in [3.63, 3.8) is 0 Å². The van der Waals surface area contributed by atoms with E-state index in [0.717, 1.165) is 31.2 Å². The van der Waals surface area contributed by atoms with Crippen molar-refractivity contribution in [2.24, 2.45) is 0 Å². The van der Waals surface area contributed by atoms with Crippen LogP contribution in [0.1, 0.15) is 35.2 Å². The van der Waals surface area contributed by atoms with E-state index >= 15 is 0 Å². The first-order chi connectivity index (χ1) is 9.29. The van der Waals surface area contributed by atoms with Gasteiger partial charge in [-0.1, -0.05) is 6.92 Å². The van der Waals surface area contributed by atoms with Crippen molar-refractivity contribution in [2.45, 2.75) is 32.9 Å². The Kier molecular flexibility index (Phi) is 3.86. The van der Waals surface area contributed by atoms with Crippen LogP contribution in [0.25, 0.3) is 0 Å². The molecule has 19 heavy (non-hydrogen) atoms. The van der Waals surface area contributed by atoms with E-state index in [1.165, 1.54) is 10.4 Å². The van der Waals surface area contributed by atoms with Gasteiger partial charge in [-0.25, -0.2) is 4.98 Å². The number of nitrogens with zero attached hydrogens (tertiary/aromatic N) is 2. The summed E-state index contributed by atoms with van der Waals surface area (Å²) in [5.41, 5.74) is 1.49.